The first-order valence-corrected chi connectivity index (χ1v) is 11.5. The highest BCUT2D eigenvalue weighted by atomic mass is 32.1. The summed E-state index contributed by atoms with van der Waals surface area (Å²) in [4.78, 5) is 33.1. The van der Waals surface area contributed by atoms with Gasteiger partial charge >= 0.3 is 6.03 Å². The Morgan fingerprint density at radius 1 is 1.12 bits per heavy atom. The lowest BCUT2D eigenvalue weighted by Gasteiger charge is -2.35. The Morgan fingerprint density at radius 2 is 1.88 bits per heavy atom. The molecule has 2 heterocycles. The SMILES string of the molecule is Cc1nc(C(=O)N2CCCCC2CNC(=O)Nc2ccc(F)cc2)c(-c2ccccc2)s1. The molecule has 2 N–H and O–H groups in total. The number of urea groups is 1. The van der Waals surface area contributed by atoms with E-state index in [-0.39, 0.29) is 23.8 Å². The Labute approximate surface area is 190 Å². The molecule has 8 heteroatoms. The molecule has 3 aromatic rings. The average Bonchev–Trinajstić information content (AvgIpc) is 3.21. The Balaban J connectivity index is 1.45. The maximum absolute atomic E-state index is 13.5. The highest BCUT2D eigenvalue weighted by molar-refractivity contribution is 7.15. The van der Waals surface area contributed by atoms with Gasteiger partial charge < -0.3 is 15.5 Å². The minimum absolute atomic E-state index is 0.0985. The summed E-state index contributed by atoms with van der Waals surface area (Å²) in [6.07, 6.45) is 2.73. The van der Waals surface area contributed by atoms with Crippen LogP contribution in [0.3, 0.4) is 0 Å². The van der Waals surface area contributed by atoms with E-state index in [4.69, 9.17) is 0 Å². The summed E-state index contributed by atoms with van der Waals surface area (Å²) in [7, 11) is 0. The third-order valence-electron chi connectivity index (χ3n) is 5.46. The van der Waals surface area contributed by atoms with Crippen molar-refractivity contribution in [1.82, 2.24) is 15.2 Å². The topological polar surface area (TPSA) is 74.3 Å². The number of benzene rings is 2. The van der Waals surface area contributed by atoms with Crippen LogP contribution in [0.5, 0.6) is 0 Å². The van der Waals surface area contributed by atoms with Crippen LogP contribution in [0.15, 0.2) is 54.6 Å². The van der Waals surface area contributed by atoms with E-state index in [1.165, 1.54) is 35.6 Å². The Bertz CT molecular complexity index is 1090. The fourth-order valence-corrected chi connectivity index (χ4v) is 4.81. The van der Waals surface area contributed by atoms with Crippen molar-refractivity contribution < 1.29 is 14.0 Å². The summed E-state index contributed by atoms with van der Waals surface area (Å²) in [6.45, 7) is 2.88. The fraction of sp³-hybridized carbons (Fsp3) is 0.292. The van der Waals surface area contributed by atoms with Gasteiger partial charge in [-0.25, -0.2) is 14.2 Å². The van der Waals surface area contributed by atoms with Crippen molar-refractivity contribution in [1.29, 1.82) is 0 Å². The second-order valence-electron chi connectivity index (χ2n) is 7.77. The summed E-state index contributed by atoms with van der Waals surface area (Å²) in [6, 6.07) is 14.9. The van der Waals surface area contributed by atoms with Crippen molar-refractivity contribution in [3.8, 4) is 10.4 Å². The lowest BCUT2D eigenvalue weighted by molar-refractivity contribution is 0.0610. The van der Waals surface area contributed by atoms with Crippen molar-refractivity contribution in [3.63, 3.8) is 0 Å². The van der Waals surface area contributed by atoms with E-state index in [9.17, 15) is 14.0 Å². The van der Waals surface area contributed by atoms with Gasteiger partial charge in [0.2, 0.25) is 0 Å². The van der Waals surface area contributed by atoms with E-state index in [1.54, 1.807) is 0 Å². The summed E-state index contributed by atoms with van der Waals surface area (Å²) < 4.78 is 13.0. The first-order chi connectivity index (χ1) is 15.5. The van der Waals surface area contributed by atoms with E-state index in [2.05, 4.69) is 15.6 Å². The van der Waals surface area contributed by atoms with Crippen LogP contribution in [-0.4, -0.2) is 41.0 Å². The number of thiazole rings is 1. The van der Waals surface area contributed by atoms with Crippen LogP contribution in [0, 0.1) is 12.7 Å². The zero-order valence-electron chi connectivity index (χ0n) is 17.8. The highest BCUT2D eigenvalue weighted by Gasteiger charge is 2.31. The predicted octanol–water partition coefficient (Wildman–Crippen LogP) is 5.07. The molecule has 1 fully saturated rings. The first-order valence-electron chi connectivity index (χ1n) is 10.7. The molecule has 1 unspecified atom stereocenters. The number of anilines is 1. The number of carbonyl (C=O) groups is 2. The summed E-state index contributed by atoms with van der Waals surface area (Å²) >= 11 is 1.52. The number of likely N-dealkylation sites (tertiary alicyclic amines) is 1. The number of nitrogens with one attached hydrogen (secondary N) is 2. The zero-order chi connectivity index (χ0) is 22.5. The van der Waals surface area contributed by atoms with Gasteiger partial charge in [-0.3, -0.25) is 4.79 Å². The number of aromatic nitrogens is 1. The second-order valence-corrected chi connectivity index (χ2v) is 8.97. The minimum Gasteiger partial charge on any atom is -0.336 e. The van der Waals surface area contributed by atoms with Crippen LogP contribution in [0.1, 0.15) is 34.8 Å². The standard InChI is InChI=1S/C24H25FN4O2S/c1-16-27-21(22(32-16)17-7-3-2-4-8-17)23(30)29-14-6-5-9-20(29)15-26-24(31)28-19-12-10-18(25)11-13-19/h2-4,7-8,10-13,20H,5-6,9,14-15H2,1H3,(H2,26,28,31). The van der Waals surface area contributed by atoms with Crippen molar-refractivity contribution in [2.45, 2.75) is 32.2 Å². The van der Waals surface area contributed by atoms with E-state index in [1.807, 2.05) is 42.2 Å². The van der Waals surface area contributed by atoms with Gasteiger partial charge in [-0.2, -0.15) is 0 Å². The van der Waals surface area contributed by atoms with Crippen molar-refractivity contribution in [2.24, 2.45) is 0 Å². The van der Waals surface area contributed by atoms with Gasteiger partial charge in [-0.1, -0.05) is 30.3 Å². The molecule has 1 aliphatic heterocycles. The number of halogens is 1. The lowest BCUT2D eigenvalue weighted by atomic mass is 10.0. The number of amides is 3. The predicted molar refractivity (Wildman–Crippen MR) is 124 cm³/mol. The summed E-state index contributed by atoms with van der Waals surface area (Å²) in [5.74, 6) is -0.460. The smallest absolute Gasteiger partial charge is 0.319 e. The molecule has 6 nitrogen and oxygen atoms in total. The number of piperidine rings is 1. The van der Waals surface area contributed by atoms with Crippen LogP contribution >= 0.6 is 11.3 Å². The zero-order valence-corrected chi connectivity index (χ0v) is 18.6. The summed E-state index contributed by atoms with van der Waals surface area (Å²) in [5, 5.41) is 6.38. The van der Waals surface area contributed by atoms with Crippen molar-refractivity contribution in [2.75, 3.05) is 18.4 Å². The number of nitrogens with zero attached hydrogens (tertiary/aromatic N) is 2. The quantitative estimate of drug-likeness (QED) is 0.567. The largest absolute Gasteiger partial charge is 0.336 e. The second kappa shape index (κ2) is 9.91. The normalized spacial score (nSPS) is 15.9. The molecule has 1 atom stereocenters. The van der Waals surface area contributed by atoms with Crippen molar-refractivity contribution >= 4 is 29.0 Å². The molecule has 32 heavy (non-hydrogen) atoms. The maximum atomic E-state index is 13.5. The maximum Gasteiger partial charge on any atom is 0.319 e. The van der Waals surface area contributed by atoms with Gasteiger partial charge in [0.15, 0.2) is 0 Å². The molecule has 1 aliphatic rings. The van der Waals surface area contributed by atoms with E-state index < -0.39 is 0 Å². The van der Waals surface area contributed by atoms with E-state index >= 15 is 0 Å². The van der Waals surface area contributed by atoms with Crippen molar-refractivity contribution in [3.05, 3.63) is 71.1 Å². The third kappa shape index (κ3) is 5.13. The van der Waals surface area contributed by atoms with Gasteiger partial charge in [-0.05, 0) is 56.0 Å². The Kier molecular flexibility index (Phi) is 6.80. The number of carbonyl (C=O) groups excluding carboxylic acids is 2. The number of rotatable bonds is 5. The third-order valence-corrected chi connectivity index (χ3v) is 6.48. The molecule has 0 bridgehead atoms. The number of hydrogen-bond acceptors (Lipinski definition) is 4. The van der Waals surface area contributed by atoms with E-state index in [0.29, 0.717) is 24.5 Å². The first kappa shape index (κ1) is 22.0. The number of aryl methyl sites for hydroxylation is 1. The molecule has 166 valence electrons. The fourth-order valence-electron chi connectivity index (χ4n) is 3.89. The van der Waals surface area contributed by atoms with Crippen LogP contribution in [-0.2, 0) is 0 Å². The van der Waals surface area contributed by atoms with Gasteiger partial charge in [0, 0.05) is 24.8 Å². The molecule has 0 radical (unpaired) electrons. The molecule has 2 aromatic carbocycles. The Hall–Kier alpha value is -3.26. The molecule has 0 aliphatic carbocycles. The van der Waals surface area contributed by atoms with Crippen LogP contribution < -0.4 is 10.6 Å². The Morgan fingerprint density at radius 3 is 2.62 bits per heavy atom. The van der Waals surface area contributed by atoms with Gasteiger partial charge in [0.25, 0.3) is 5.91 Å². The molecule has 0 spiro atoms. The van der Waals surface area contributed by atoms with Crippen LogP contribution in [0.4, 0.5) is 14.9 Å². The summed E-state index contributed by atoms with van der Waals surface area (Å²) in [5.41, 5.74) is 1.96. The minimum atomic E-state index is -0.385. The molecule has 3 amide bonds. The van der Waals surface area contributed by atoms with Gasteiger partial charge in [0.1, 0.15) is 11.5 Å². The lowest BCUT2D eigenvalue weighted by Crippen LogP contribution is -2.50. The van der Waals surface area contributed by atoms with Gasteiger partial charge in [0.05, 0.1) is 9.88 Å². The molecular weight excluding hydrogens is 427 g/mol. The number of hydrogen-bond donors (Lipinski definition) is 2. The monoisotopic (exact) mass is 452 g/mol. The molecule has 1 saturated heterocycles. The molecular formula is C24H25FN4O2S. The van der Waals surface area contributed by atoms with Gasteiger partial charge in [-0.15, -0.1) is 11.3 Å². The highest BCUT2D eigenvalue weighted by Crippen LogP contribution is 2.32. The average molecular weight is 453 g/mol. The molecule has 1 aromatic heterocycles. The molecule has 0 saturated carbocycles. The van der Waals surface area contributed by atoms with E-state index in [0.717, 1.165) is 34.7 Å². The van der Waals surface area contributed by atoms with Crippen LogP contribution in [0.25, 0.3) is 10.4 Å². The van der Waals surface area contributed by atoms with Crippen LogP contribution in [0.2, 0.25) is 0 Å². The molecule has 4 rings (SSSR count).